The van der Waals surface area contributed by atoms with Crippen molar-refractivity contribution in [1.29, 1.82) is 0 Å². The fraction of sp³-hybridized carbons (Fsp3) is 0.933. The fourth-order valence-electron chi connectivity index (χ4n) is 3.17. The predicted molar refractivity (Wildman–Crippen MR) is 70.3 cm³/mol. The highest BCUT2D eigenvalue weighted by atomic mass is 16.5. The zero-order chi connectivity index (χ0) is 12.8. The van der Waals surface area contributed by atoms with Gasteiger partial charge in [0.05, 0.1) is 6.10 Å². The van der Waals surface area contributed by atoms with E-state index < -0.39 is 0 Å². The van der Waals surface area contributed by atoms with Crippen LogP contribution in [0.2, 0.25) is 0 Å². The lowest BCUT2D eigenvalue weighted by Gasteiger charge is -2.30. The van der Waals surface area contributed by atoms with E-state index in [1.807, 2.05) is 0 Å². The Morgan fingerprint density at radius 1 is 1.22 bits per heavy atom. The van der Waals surface area contributed by atoms with Gasteiger partial charge in [-0.2, -0.15) is 0 Å². The lowest BCUT2D eigenvalue weighted by Crippen LogP contribution is -2.30. The molecule has 3 heteroatoms. The van der Waals surface area contributed by atoms with Crippen molar-refractivity contribution in [2.24, 2.45) is 5.92 Å². The smallest absolute Gasteiger partial charge is 0.306 e. The van der Waals surface area contributed by atoms with E-state index in [-0.39, 0.29) is 12.1 Å². The summed E-state index contributed by atoms with van der Waals surface area (Å²) in [7, 11) is 0. The molecule has 2 aliphatic rings. The van der Waals surface area contributed by atoms with Gasteiger partial charge in [-0.15, -0.1) is 0 Å². The van der Waals surface area contributed by atoms with Gasteiger partial charge in [-0.3, -0.25) is 4.79 Å². The van der Waals surface area contributed by atoms with Crippen LogP contribution in [-0.4, -0.2) is 24.8 Å². The molecule has 1 saturated heterocycles. The largest absolute Gasteiger partial charge is 0.462 e. The number of rotatable bonds is 5. The summed E-state index contributed by atoms with van der Waals surface area (Å²) in [6.07, 6.45) is 10.00. The first kappa shape index (κ1) is 13.9. The van der Waals surface area contributed by atoms with Crippen LogP contribution in [0.4, 0.5) is 0 Å². The van der Waals surface area contributed by atoms with Crippen molar-refractivity contribution in [2.45, 2.75) is 76.9 Å². The first-order valence-electron chi connectivity index (χ1n) is 7.60. The number of ether oxygens (including phenoxy) is 2. The summed E-state index contributed by atoms with van der Waals surface area (Å²) in [4.78, 5) is 11.9. The maximum absolute atomic E-state index is 11.9. The Balaban J connectivity index is 1.68. The molecule has 2 rings (SSSR count). The van der Waals surface area contributed by atoms with Crippen LogP contribution >= 0.6 is 0 Å². The highest BCUT2D eigenvalue weighted by Gasteiger charge is 2.27. The fourth-order valence-corrected chi connectivity index (χ4v) is 3.17. The van der Waals surface area contributed by atoms with Crippen LogP contribution in [0.25, 0.3) is 0 Å². The second kappa shape index (κ2) is 7.13. The summed E-state index contributed by atoms with van der Waals surface area (Å²) in [6, 6.07) is 0. The third kappa shape index (κ3) is 3.98. The third-order valence-corrected chi connectivity index (χ3v) is 4.34. The molecule has 0 aromatic rings. The Kier molecular flexibility index (Phi) is 5.48. The van der Waals surface area contributed by atoms with Gasteiger partial charge in [0, 0.05) is 13.0 Å². The summed E-state index contributed by atoms with van der Waals surface area (Å²) in [5, 5.41) is 0. The zero-order valence-corrected chi connectivity index (χ0v) is 11.5. The van der Waals surface area contributed by atoms with Crippen molar-refractivity contribution < 1.29 is 14.3 Å². The van der Waals surface area contributed by atoms with Crippen molar-refractivity contribution in [3.8, 4) is 0 Å². The summed E-state index contributed by atoms with van der Waals surface area (Å²) >= 11 is 0. The molecule has 0 unspecified atom stereocenters. The predicted octanol–water partition coefficient (Wildman–Crippen LogP) is 3.46. The summed E-state index contributed by atoms with van der Waals surface area (Å²) in [6.45, 7) is 3.06. The quantitative estimate of drug-likeness (QED) is 0.705. The number of hydrogen-bond acceptors (Lipinski definition) is 3. The Labute approximate surface area is 110 Å². The summed E-state index contributed by atoms with van der Waals surface area (Å²) < 4.78 is 11.2. The van der Waals surface area contributed by atoms with Crippen LogP contribution in [0.15, 0.2) is 0 Å². The standard InChI is InChI=1S/C15H26O3/c1-2-12-6-3-4-8-14(12)18-15(16)10-9-13-7-5-11-17-13/h12-14H,2-11H2,1H3/t12-,13-,14+/m1/s1. The molecule has 2 fully saturated rings. The molecule has 1 aliphatic heterocycles. The molecule has 104 valence electrons. The molecule has 0 radical (unpaired) electrons. The molecule has 1 aliphatic carbocycles. The Morgan fingerprint density at radius 3 is 2.78 bits per heavy atom. The monoisotopic (exact) mass is 254 g/mol. The van der Waals surface area contributed by atoms with Gasteiger partial charge >= 0.3 is 5.97 Å². The second-order valence-corrected chi connectivity index (χ2v) is 5.65. The van der Waals surface area contributed by atoms with Gasteiger partial charge in [-0.05, 0) is 50.9 Å². The molecule has 0 spiro atoms. The third-order valence-electron chi connectivity index (χ3n) is 4.34. The average molecular weight is 254 g/mol. The van der Waals surface area contributed by atoms with E-state index in [1.54, 1.807) is 0 Å². The zero-order valence-electron chi connectivity index (χ0n) is 11.5. The van der Waals surface area contributed by atoms with Crippen molar-refractivity contribution in [3.05, 3.63) is 0 Å². The van der Waals surface area contributed by atoms with Gasteiger partial charge < -0.3 is 9.47 Å². The van der Waals surface area contributed by atoms with Crippen molar-refractivity contribution in [2.75, 3.05) is 6.61 Å². The highest BCUT2D eigenvalue weighted by molar-refractivity contribution is 5.69. The van der Waals surface area contributed by atoms with Gasteiger partial charge in [0.15, 0.2) is 0 Å². The first-order valence-corrected chi connectivity index (χ1v) is 7.60. The van der Waals surface area contributed by atoms with Crippen LogP contribution in [0, 0.1) is 5.92 Å². The number of carbonyl (C=O) groups excluding carboxylic acids is 1. The number of hydrogen-bond donors (Lipinski definition) is 0. The molecule has 1 heterocycles. The molecule has 0 N–H and O–H groups in total. The van der Waals surface area contributed by atoms with E-state index in [1.165, 1.54) is 19.3 Å². The van der Waals surface area contributed by atoms with Crippen molar-refractivity contribution in [3.63, 3.8) is 0 Å². The molecular formula is C15H26O3. The maximum atomic E-state index is 11.9. The van der Waals surface area contributed by atoms with Gasteiger partial charge in [0.25, 0.3) is 0 Å². The van der Waals surface area contributed by atoms with E-state index in [4.69, 9.17) is 9.47 Å². The van der Waals surface area contributed by atoms with E-state index in [2.05, 4.69) is 6.92 Å². The molecule has 3 nitrogen and oxygen atoms in total. The molecular weight excluding hydrogens is 228 g/mol. The van der Waals surface area contributed by atoms with Crippen molar-refractivity contribution in [1.82, 2.24) is 0 Å². The molecule has 0 aromatic carbocycles. The van der Waals surface area contributed by atoms with E-state index >= 15 is 0 Å². The van der Waals surface area contributed by atoms with Gasteiger partial charge in [0.2, 0.25) is 0 Å². The maximum Gasteiger partial charge on any atom is 0.306 e. The van der Waals surface area contributed by atoms with Gasteiger partial charge in [0.1, 0.15) is 6.10 Å². The minimum Gasteiger partial charge on any atom is -0.462 e. The van der Waals surface area contributed by atoms with E-state index in [0.717, 1.165) is 38.7 Å². The van der Waals surface area contributed by atoms with Crippen molar-refractivity contribution >= 4 is 5.97 Å². The Morgan fingerprint density at radius 2 is 2.06 bits per heavy atom. The van der Waals surface area contributed by atoms with E-state index in [9.17, 15) is 4.79 Å². The Bertz CT molecular complexity index is 258. The molecule has 18 heavy (non-hydrogen) atoms. The molecule has 0 amide bonds. The molecule has 0 bridgehead atoms. The first-order chi connectivity index (χ1) is 8.79. The lowest BCUT2D eigenvalue weighted by molar-refractivity contribution is -0.154. The summed E-state index contributed by atoms with van der Waals surface area (Å²) in [5.41, 5.74) is 0. The van der Waals surface area contributed by atoms with Crippen LogP contribution < -0.4 is 0 Å². The minimum atomic E-state index is -0.0177. The molecule has 0 aromatic heterocycles. The van der Waals surface area contributed by atoms with Gasteiger partial charge in [-0.1, -0.05) is 13.3 Å². The topological polar surface area (TPSA) is 35.5 Å². The summed E-state index contributed by atoms with van der Waals surface area (Å²) in [5.74, 6) is 0.571. The van der Waals surface area contributed by atoms with Crippen LogP contribution in [0.5, 0.6) is 0 Å². The normalized spacial score (nSPS) is 32.4. The number of esters is 1. The number of carbonyl (C=O) groups is 1. The van der Waals surface area contributed by atoms with Crippen LogP contribution in [0.1, 0.15) is 64.7 Å². The van der Waals surface area contributed by atoms with E-state index in [0.29, 0.717) is 18.4 Å². The molecule has 1 saturated carbocycles. The minimum absolute atomic E-state index is 0.0177. The average Bonchev–Trinajstić information content (AvgIpc) is 2.90. The SMILES string of the molecule is CC[C@@H]1CCCC[C@@H]1OC(=O)CC[C@H]1CCCO1. The van der Waals surface area contributed by atoms with Gasteiger partial charge in [-0.25, -0.2) is 0 Å². The molecule has 3 atom stereocenters. The van der Waals surface area contributed by atoms with Crippen LogP contribution in [-0.2, 0) is 14.3 Å². The Hall–Kier alpha value is -0.570. The highest BCUT2D eigenvalue weighted by Crippen LogP contribution is 2.29. The van der Waals surface area contributed by atoms with Crippen LogP contribution in [0.3, 0.4) is 0 Å². The second-order valence-electron chi connectivity index (χ2n) is 5.65. The lowest BCUT2D eigenvalue weighted by atomic mass is 9.85.